The van der Waals surface area contributed by atoms with Gasteiger partial charge in [0.25, 0.3) is 16.5 Å². The SMILES string of the molecule is O=C1CCC(C[C@H]2CN(S(=O)(=O)c3cccc(C(F)(F)F)c3)c3cc(-c4cc(F)cc(OC(F)F)c4)ccc3O2)N1.O=CO. The molecule has 5 rings (SSSR count). The molecule has 9 nitrogen and oxygen atoms in total. The molecular weight excluding hydrogens is 622 g/mol. The molecule has 2 atom stereocenters. The average molecular weight is 647 g/mol. The van der Waals surface area contributed by atoms with Gasteiger partial charge in [-0.2, -0.15) is 22.0 Å². The Morgan fingerprint density at radius 1 is 1.09 bits per heavy atom. The minimum atomic E-state index is -4.79. The summed E-state index contributed by atoms with van der Waals surface area (Å²) in [6.45, 7) is -3.76. The van der Waals surface area contributed by atoms with Crippen LogP contribution >= 0.6 is 0 Å². The van der Waals surface area contributed by atoms with Gasteiger partial charge in [0.2, 0.25) is 5.91 Å². The summed E-state index contributed by atoms with van der Waals surface area (Å²) in [6, 6.07) is 10.1. The molecule has 2 aliphatic rings. The molecule has 0 aromatic heterocycles. The Kier molecular flexibility index (Phi) is 9.61. The lowest BCUT2D eigenvalue weighted by molar-refractivity contribution is -0.137. The minimum absolute atomic E-state index is 0.0489. The van der Waals surface area contributed by atoms with Crippen molar-refractivity contribution in [2.24, 2.45) is 0 Å². The highest BCUT2D eigenvalue weighted by Crippen LogP contribution is 2.42. The summed E-state index contributed by atoms with van der Waals surface area (Å²) in [5, 5.41) is 9.67. The van der Waals surface area contributed by atoms with E-state index in [1.165, 1.54) is 18.2 Å². The molecule has 44 heavy (non-hydrogen) atoms. The maximum atomic E-state index is 14.2. The van der Waals surface area contributed by atoms with Gasteiger partial charge in [0.05, 0.1) is 22.7 Å². The third-order valence-electron chi connectivity index (χ3n) is 6.70. The van der Waals surface area contributed by atoms with Crippen molar-refractivity contribution >= 4 is 28.1 Å². The van der Waals surface area contributed by atoms with E-state index < -0.39 is 50.9 Å². The Morgan fingerprint density at radius 3 is 2.45 bits per heavy atom. The van der Waals surface area contributed by atoms with Crippen LogP contribution in [0, 0.1) is 5.82 Å². The van der Waals surface area contributed by atoms with Crippen LogP contribution in [-0.4, -0.2) is 51.2 Å². The third-order valence-corrected chi connectivity index (χ3v) is 8.48. The van der Waals surface area contributed by atoms with Crippen LogP contribution in [0.5, 0.6) is 11.5 Å². The number of nitrogens with one attached hydrogen (secondary N) is 1. The van der Waals surface area contributed by atoms with Crippen molar-refractivity contribution < 1.29 is 58.9 Å². The molecule has 1 saturated heterocycles. The number of benzene rings is 3. The molecule has 16 heteroatoms. The van der Waals surface area contributed by atoms with Crippen molar-refractivity contribution in [3.05, 3.63) is 72.0 Å². The van der Waals surface area contributed by atoms with Gasteiger partial charge < -0.3 is 19.9 Å². The van der Waals surface area contributed by atoms with Crippen LogP contribution in [0.25, 0.3) is 11.1 Å². The summed E-state index contributed by atoms with van der Waals surface area (Å²) in [5.74, 6) is -1.43. The average Bonchev–Trinajstić information content (AvgIpc) is 3.35. The van der Waals surface area contributed by atoms with Gasteiger partial charge in [-0.25, -0.2) is 12.8 Å². The van der Waals surface area contributed by atoms with Gasteiger partial charge in [-0.15, -0.1) is 0 Å². The fraction of sp³-hybridized carbons (Fsp3) is 0.286. The lowest BCUT2D eigenvalue weighted by Gasteiger charge is -2.36. The molecule has 1 unspecified atom stereocenters. The van der Waals surface area contributed by atoms with E-state index >= 15 is 0 Å². The highest BCUT2D eigenvalue weighted by molar-refractivity contribution is 7.92. The highest BCUT2D eigenvalue weighted by atomic mass is 32.2. The smallest absolute Gasteiger partial charge is 0.416 e. The van der Waals surface area contributed by atoms with Gasteiger partial charge in [-0.1, -0.05) is 12.1 Å². The third kappa shape index (κ3) is 7.53. The zero-order valence-corrected chi connectivity index (χ0v) is 23.2. The molecule has 0 saturated carbocycles. The van der Waals surface area contributed by atoms with Gasteiger partial charge >= 0.3 is 12.8 Å². The van der Waals surface area contributed by atoms with E-state index in [9.17, 15) is 39.6 Å². The van der Waals surface area contributed by atoms with Crippen molar-refractivity contribution in [1.82, 2.24) is 5.32 Å². The number of anilines is 1. The molecule has 0 radical (unpaired) electrons. The van der Waals surface area contributed by atoms with Crippen molar-refractivity contribution in [3.63, 3.8) is 0 Å². The van der Waals surface area contributed by atoms with E-state index in [0.29, 0.717) is 18.9 Å². The van der Waals surface area contributed by atoms with Crippen LogP contribution in [0.15, 0.2) is 65.6 Å². The second-order valence-corrected chi connectivity index (χ2v) is 11.5. The number of hydrogen-bond acceptors (Lipinski definition) is 6. The minimum Gasteiger partial charge on any atom is -0.486 e. The summed E-state index contributed by atoms with van der Waals surface area (Å²) in [5.41, 5.74) is -0.920. The number of nitrogens with zero attached hydrogens (tertiary/aromatic N) is 1. The fourth-order valence-electron chi connectivity index (χ4n) is 4.87. The Bertz CT molecular complexity index is 1630. The number of carbonyl (C=O) groups excluding carboxylic acids is 1. The molecule has 3 aromatic carbocycles. The highest BCUT2D eigenvalue weighted by Gasteiger charge is 2.38. The molecule has 1 fully saturated rings. The van der Waals surface area contributed by atoms with E-state index in [1.54, 1.807) is 0 Å². The van der Waals surface area contributed by atoms with E-state index in [2.05, 4.69) is 10.1 Å². The van der Waals surface area contributed by atoms with E-state index in [4.69, 9.17) is 14.6 Å². The summed E-state index contributed by atoms with van der Waals surface area (Å²) < 4.78 is 119. The Hall–Kier alpha value is -4.47. The first kappa shape index (κ1) is 32.4. The number of carbonyl (C=O) groups is 2. The predicted molar refractivity (Wildman–Crippen MR) is 143 cm³/mol. The zero-order chi connectivity index (χ0) is 32.2. The first-order valence-electron chi connectivity index (χ1n) is 12.8. The Balaban J connectivity index is 0.00000141. The van der Waals surface area contributed by atoms with Crippen LogP contribution < -0.4 is 19.1 Å². The molecule has 3 aromatic rings. The molecule has 0 bridgehead atoms. The number of rotatable bonds is 7. The number of sulfonamides is 1. The van der Waals surface area contributed by atoms with Crippen molar-refractivity contribution in [2.75, 3.05) is 10.8 Å². The molecule has 1 amide bonds. The number of ether oxygens (including phenoxy) is 2. The zero-order valence-electron chi connectivity index (χ0n) is 22.4. The molecule has 2 aliphatic heterocycles. The molecule has 0 aliphatic carbocycles. The van der Waals surface area contributed by atoms with E-state index in [0.717, 1.165) is 40.7 Å². The van der Waals surface area contributed by atoms with Crippen molar-refractivity contribution in [1.29, 1.82) is 0 Å². The first-order chi connectivity index (χ1) is 20.7. The van der Waals surface area contributed by atoms with Gasteiger partial charge in [0.1, 0.15) is 23.4 Å². The topological polar surface area (TPSA) is 122 Å². The van der Waals surface area contributed by atoms with Gasteiger partial charge in [-0.05, 0) is 60.0 Å². The van der Waals surface area contributed by atoms with E-state index in [1.807, 2.05) is 0 Å². The monoisotopic (exact) mass is 646 g/mol. The van der Waals surface area contributed by atoms with Crippen molar-refractivity contribution in [2.45, 2.75) is 49.1 Å². The van der Waals surface area contributed by atoms with E-state index in [-0.39, 0.29) is 54.0 Å². The predicted octanol–water partition coefficient (Wildman–Crippen LogP) is 5.44. The normalized spacial score (nSPS) is 18.1. The lowest BCUT2D eigenvalue weighted by Crippen LogP contribution is -2.45. The molecule has 2 N–H and O–H groups in total. The molecular formula is C28H24F6N2O7S. The van der Waals surface area contributed by atoms with Gasteiger partial charge in [-0.3, -0.25) is 13.9 Å². The number of amides is 1. The molecule has 236 valence electrons. The summed E-state index contributed by atoms with van der Waals surface area (Å²) in [6.07, 6.45) is -4.51. The Morgan fingerprint density at radius 2 is 1.82 bits per heavy atom. The van der Waals surface area contributed by atoms with Crippen LogP contribution in [0.2, 0.25) is 0 Å². The number of carboxylic acid groups (broad SMARTS) is 1. The van der Waals surface area contributed by atoms with Crippen LogP contribution in [0.3, 0.4) is 0 Å². The number of alkyl halides is 5. The summed E-state index contributed by atoms with van der Waals surface area (Å²) >= 11 is 0. The standard InChI is InChI=1S/C27H22F6N2O5S.CH2O2/c28-18-8-16(9-20(12-18)40-26(29)30)15-4-6-24-23(10-15)35(14-21(39-24)13-19-5-7-25(36)34-19)41(37,38)22-3-1-2-17(11-22)27(31,32)33;2-1-3/h1-4,6,8-12,19,21,26H,5,7,13-14H2,(H,34,36);1H,(H,2,3)/t19?,21-;/m0./s1. The molecule has 0 spiro atoms. The van der Waals surface area contributed by atoms with Gasteiger partial charge in [0.15, 0.2) is 0 Å². The van der Waals surface area contributed by atoms with Crippen LogP contribution in [-0.2, 0) is 25.8 Å². The largest absolute Gasteiger partial charge is 0.486 e. The maximum Gasteiger partial charge on any atom is 0.416 e. The molecule has 2 heterocycles. The first-order valence-corrected chi connectivity index (χ1v) is 14.3. The van der Waals surface area contributed by atoms with Crippen LogP contribution in [0.4, 0.5) is 32.0 Å². The lowest BCUT2D eigenvalue weighted by atomic mass is 10.0. The van der Waals surface area contributed by atoms with Crippen LogP contribution in [0.1, 0.15) is 24.8 Å². The number of hydrogen-bond donors (Lipinski definition) is 2. The summed E-state index contributed by atoms with van der Waals surface area (Å²) in [4.78, 5) is 19.4. The quantitative estimate of drug-likeness (QED) is 0.259. The van der Waals surface area contributed by atoms with Gasteiger partial charge in [0, 0.05) is 24.9 Å². The number of fused-ring (bicyclic) bond motifs is 1. The second kappa shape index (κ2) is 13.0. The second-order valence-electron chi connectivity index (χ2n) is 9.68. The summed E-state index contributed by atoms with van der Waals surface area (Å²) in [7, 11) is -4.60. The maximum absolute atomic E-state index is 14.2. The number of halogens is 6. The van der Waals surface area contributed by atoms with Crippen molar-refractivity contribution in [3.8, 4) is 22.6 Å². The Labute approximate surface area is 247 Å². The fourth-order valence-corrected chi connectivity index (χ4v) is 6.42.